The Morgan fingerprint density at radius 3 is 2.60 bits per heavy atom. The van der Waals surface area contributed by atoms with Gasteiger partial charge in [0.15, 0.2) is 0 Å². The summed E-state index contributed by atoms with van der Waals surface area (Å²) in [5, 5.41) is 9.34. The number of benzene rings is 1. The van der Waals surface area contributed by atoms with Gasteiger partial charge in [0.05, 0.1) is 0 Å². The van der Waals surface area contributed by atoms with E-state index in [-0.39, 0.29) is 18.4 Å². The van der Waals surface area contributed by atoms with Gasteiger partial charge in [0.2, 0.25) is 0 Å². The number of hydrogen-bond donors (Lipinski definition) is 3. The largest absolute Gasteiger partial charge is 0.508 e. The summed E-state index contributed by atoms with van der Waals surface area (Å²) in [7, 11) is 0. The average molecular weight is 231 g/mol. The van der Waals surface area contributed by atoms with Crippen molar-refractivity contribution in [2.45, 2.75) is 25.8 Å². The van der Waals surface area contributed by atoms with Crippen molar-refractivity contribution >= 4 is 12.4 Å². The highest BCUT2D eigenvalue weighted by Crippen LogP contribution is 2.22. The second-order valence-electron chi connectivity index (χ2n) is 3.58. The maximum Gasteiger partial charge on any atom is 0.118 e. The maximum atomic E-state index is 9.34. The molecular formula is C11H19ClN2O. The number of nitrogens with two attached hydrogens (primary N) is 2. The van der Waals surface area contributed by atoms with Crippen LogP contribution in [0.4, 0.5) is 0 Å². The zero-order valence-electron chi connectivity index (χ0n) is 8.94. The van der Waals surface area contributed by atoms with E-state index in [4.69, 9.17) is 11.5 Å². The normalized spacial score (nSPS) is 11.9. The molecule has 0 unspecified atom stereocenters. The van der Waals surface area contributed by atoms with Gasteiger partial charge in [-0.15, -0.1) is 12.4 Å². The number of aromatic hydroxyl groups is 1. The molecule has 0 aromatic heterocycles. The van der Waals surface area contributed by atoms with Crippen LogP contribution in [0, 0.1) is 6.92 Å². The quantitative estimate of drug-likeness (QED) is 0.739. The molecule has 0 radical (unpaired) electrons. The van der Waals surface area contributed by atoms with Crippen molar-refractivity contribution in [1.82, 2.24) is 0 Å². The topological polar surface area (TPSA) is 72.3 Å². The predicted octanol–water partition coefficient (Wildman–Crippen LogP) is 1.86. The first-order valence-electron chi connectivity index (χ1n) is 4.90. The third-order valence-corrected chi connectivity index (χ3v) is 2.37. The van der Waals surface area contributed by atoms with Crippen LogP contribution in [0.2, 0.25) is 0 Å². The van der Waals surface area contributed by atoms with Gasteiger partial charge in [-0.1, -0.05) is 12.1 Å². The van der Waals surface area contributed by atoms with E-state index in [1.807, 2.05) is 19.1 Å². The van der Waals surface area contributed by atoms with E-state index in [0.717, 1.165) is 24.0 Å². The Morgan fingerprint density at radius 2 is 2.07 bits per heavy atom. The van der Waals surface area contributed by atoms with Gasteiger partial charge in [-0.05, 0) is 43.5 Å². The predicted molar refractivity (Wildman–Crippen MR) is 65.3 cm³/mol. The molecule has 0 fully saturated rings. The van der Waals surface area contributed by atoms with E-state index < -0.39 is 0 Å². The average Bonchev–Trinajstić information content (AvgIpc) is 2.18. The molecule has 4 heteroatoms. The lowest BCUT2D eigenvalue weighted by molar-refractivity contribution is 0.470. The summed E-state index contributed by atoms with van der Waals surface area (Å²) in [5.41, 5.74) is 13.3. The van der Waals surface area contributed by atoms with Gasteiger partial charge in [0, 0.05) is 6.04 Å². The summed E-state index contributed by atoms with van der Waals surface area (Å²) in [6.07, 6.45) is 1.82. The first-order valence-corrected chi connectivity index (χ1v) is 4.90. The molecule has 0 amide bonds. The van der Waals surface area contributed by atoms with Gasteiger partial charge >= 0.3 is 0 Å². The maximum absolute atomic E-state index is 9.34. The molecule has 1 aromatic carbocycles. The molecule has 1 rings (SSSR count). The van der Waals surface area contributed by atoms with Gasteiger partial charge in [-0.25, -0.2) is 0 Å². The Balaban J connectivity index is 0.00000196. The fraction of sp³-hybridized carbons (Fsp3) is 0.455. The van der Waals surface area contributed by atoms with E-state index in [1.165, 1.54) is 0 Å². The van der Waals surface area contributed by atoms with E-state index in [2.05, 4.69) is 0 Å². The Morgan fingerprint density at radius 1 is 1.40 bits per heavy atom. The molecule has 15 heavy (non-hydrogen) atoms. The fourth-order valence-electron chi connectivity index (χ4n) is 1.41. The molecule has 0 spiro atoms. The SMILES string of the molecule is Cc1cc([C@@H](N)CCCN)ccc1O.Cl. The van der Waals surface area contributed by atoms with Gasteiger partial charge in [0.25, 0.3) is 0 Å². The zero-order chi connectivity index (χ0) is 10.6. The van der Waals surface area contributed by atoms with Crippen LogP contribution < -0.4 is 11.5 Å². The molecule has 86 valence electrons. The molecular weight excluding hydrogens is 212 g/mol. The lowest BCUT2D eigenvalue weighted by atomic mass is 10.0. The third-order valence-electron chi connectivity index (χ3n) is 2.37. The third kappa shape index (κ3) is 4.08. The molecule has 0 heterocycles. The van der Waals surface area contributed by atoms with Crippen LogP contribution in [0.1, 0.15) is 30.0 Å². The number of rotatable bonds is 4. The number of phenolic OH excluding ortho intramolecular Hbond substituents is 1. The second-order valence-corrected chi connectivity index (χ2v) is 3.58. The van der Waals surface area contributed by atoms with Crippen molar-refractivity contribution in [1.29, 1.82) is 0 Å². The number of aryl methyl sites for hydroxylation is 1. The van der Waals surface area contributed by atoms with Gasteiger partial charge in [-0.3, -0.25) is 0 Å². The van der Waals surface area contributed by atoms with E-state index in [0.29, 0.717) is 12.3 Å². The van der Waals surface area contributed by atoms with E-state index in [9.17, 15) is 5.11 Å². The minimum Gasteiger partial charge on any atom is -0.508 e. The van der Waals surface area contributed by atoms with Crippen molar-refractivity contribution in [3.8, 4) is 5.75 Å². The standard InChI is InChI=1S/C11H18N2O.ClH/c1-8-7-9(4-5-11(8)14)10(13)3-2-6-12;/h4-5,7,10,14H,2-3,6,12-13H2,1H3;1H/t10-;/m0./s1. The summed E-state index contributed by atoms with van der Waals surface area (Å²) in [6, 6.07) is 5.50. The summed E-state index contributed by atoms with van der Waals surface area (Å²) >= 11 is 0. The second kappa shape index (κ2) is 6.67. The van der Waals surface area contributed by atoms with Crippen LogP contribution in [0.3, 0.4) is 0 Å². The molecule has 0 saturated heterocycles. The van der Waals surface area contributed by atoms with Crippen LogP contribution in [0.15, 0.2) is 18.2 Å². The Labute approximate surface area is 96.9 Å². The smallest absolute Gasteiger partial charge is 0.118 e. The van der Waals surface area contributed by atoms with Crippen molar-refractivity contribution < 1.29 is 5.11 Å². The number of phenols is 1. The van der Waals surface area contributed by atoms with E-state index >= 15 is 0 Å². The van der Waals surface area contributed by atoms with Gasteiger partial charge < -0.3 is 16.6 Å². The minimum atomic E-state index is 0. The molecule has 0 aliphatic heterocycles. The van der Waals surface area contributed by atoms with E-state index in [1.54, 1.807) is 6.07 Å². The highest BCUT2D eigenvalue weighted by molar-refractivity contribution is 5.85. The van der Waals surface area contributed by atoms with Crippen LogP contribution in [0.25, 0.3) is 0 Å². The summed E-state index contributed by atoms with van der Waals surface area (Å²) in [5.74, 6) is 0.319. The van der Waals surface area contributed by atoms with Gasteiger partial charge in [-0.2, -0.15) is 0 Å². The Bertz CT molecular complexity index is 305. The minimum absolute atomic E-state index is 0. The monoisotopic (exact) mass is 230 g/mol. The fourth-order valence-corrected chi connectivity index (χ4v) is 1.41. The van der Waals surface area contributed by atoms with Crippen molar-refractivity contribution in [3.63, 3.8) is 0 Å². The lowest BCUT2D eigenvalue weighted by Crippen LogP contribution is -2.12. The zero-order valence-corrected chi connectivity index (χ0v) is 9.76. The molecule has 1 aromatic rings. The molecule has 5 N–H and O–H groups in total. The lowest BCUT2D eigenvalue weighted by Gasteiger charge is -2.12. The Kier molecular flexibility index (Phi) is 6.32. The van der Waals surface area contributed by atoms with Crippen molar-refractivity contribution in [3.05, 3.63) is 29.3 Å². The molecule has 1 atom stereocenters. The summed E-state index contributed by atoms with van der Waals surface area (Å²) < 4.78 is 0. The summed E-state index contributed by atoms with van der Waals surface area (Å²) in [4.78, 5) is 0. The van der Waals surface area contributed by atoms with Crippen molar-refractivity contribution in [2.24, 2.45) is 11.5 Å². The molecule has 0 aliphatic rings. The number of hydrogen-bond acceptors (Lipinski definition) is 3. The highest BCUT2D eigenvalue weighted by atomic mass is 35.5. The van der Waals surface area contributed by atoms with Crippen LogP contribution in [-0.2, 0) is 0 Å². The van der Waals surface area contributed by atoms with Crippen LogP contribution >= 0.6 is 12.4 Å². The van der Waals surface area contributed by atoms with Crippen LogP contribution in [-0.4, -0.2) is 11.7 Å². The first-order chi connectivity index (χ1) is 6.65. The van der Waals surface area contributed by atoms with Crippen LogP contribution in [0.5, 0.6) is 5.75 Å². The Hall–Kier alpha value is -0.770. The molecule has 0 saturated carbocycles. The van der Waals surface area contributed by atoms with Gasteiger partial charge in [0.1, 0.15) is 5.75 Å². The highest BCUT2D eigenvalue weighted by Gasteiger charge is 2.06. The molecule has 0 aliphatic carbocycles. The number of halogens is 1. The summed E-state index contributed by atoms with van der Waals surface area (Å²) in [6.45, 7) is 2.54. The first kappa shape index (κ1) is 14.2. The van der Waals surface area contributed by atoms with Crippen molar-refractivity contribution in [2.75, 3.05) is 6.54 Å². The molecule has 0 bridgehead atoms. The molecule has 3 nitrogen and oxygen atoms in total.